The first kappa shape index (κ1) is 52.1. The van der Waals surface area contributed by atoms with Crippen molar-refractivity contribution in [2.75, 3.05) is 58.1 Å². The number of nitrogens with zero attached hydrogens (tertiary/aromatic N) is 7. The highest BCUT2D eigenvalue weighted by Gasteiger charge is 2.23. The fraction of sp³-hybridized carbons (Fsp3) is 0.345. The van der Waals surface area contributed by atoms with Crippen LogP contribution in [0.3, 0.4) is 0 Å². The second-order valence-corrected chi connectivity index (χ2v) is 18.9. The van der Waals surface area contributed by atoms with Gasteiger partial charge < -0.3 is 15.5 Å². The van der Waals surface area contributed by atoms with Crippen LogP contribution in [-0.4, -0.2) is 98.7 Å². The molecule has 0 radical (unpaired) electrons. The topological polar surface area (TPSA) is 142 Å². The zero-order valence-corrected chi connectivity index (χ0v) is 41.2. The maximum Gasteiger partial charge on any atom is 0.270 e. The van der Waals surface area contributed by atoms with Crippen molar-refractivity contribution in [3.63, 3.8) is 0 Å². The van der Waals surface area contributed by atoms with Gasteiger partial charge in [0.15, 0.2) is 0 Å². The van der Waals surface area contributed by atoms with Crippen LogP contribution in [0.15, 0.2) is 131 Å². The Morgan fingerprint density at radius 2 is 0.986 bits per heavy atom. The van der Waals surface area contributed by atoms with E-state index in [9.17, 15) is 19.7 Å². The van der Waals surface area contributed by atoms with Gasteiger partial charge in [0.1, 0.15) is 10.0 Å². The second kappa shape index (κ2) is 25.3. The lowest BCUT2D eigenvalue weighted by Crippen LogP contribution is -2.30. The molecule has 2 N–H and O–H groups in total. The highest BCUT2D eigenvalue weighted by Crippen LogP contribution is 2.36. The molecule has 0 bridgehead atoms. The van der Waals surface area contributed by atoms with Gasteiger partial charge in [0, 0.05) is 104 Å². The van der Waals surface area contributed by atoms with Gasteiger partial charge >= 0.3 is 0 Å². The van der Waals surface area contributed by atoms with E-state index in [1.165, 1.54) is 27.8 Å². The predicted molar refractivity (Wildman–Crippen MR) is 283 cm³/mol. The molecule has 4 aromatic carbocycles. The van der Waals surface area contributed by atoms with E-state index in [1.807, 2.05) is 110 Å². The molecule has 362 valence electrons. The van der Waals surface area contributed by atoms with Crippen LogP contribution in [0, 0.1) is 10.1 Å². The van der Waals surface area contributed by atoms with Crippen LogP contribution in [0.1, 0.15) is 114 Å². The molecule has 0 atom stereocenters. The smallest absolute Gasteiger partial charge is 0.270 e. The highest BCUT2D eigenvalue weighted by molar-refractivity contribution is 7.09. The number of amides is 2. The molecule has 0 aliphatic carbocycles. The Morgan fingerprint density at radius 3 is 1.35 bits per heavy atom. The molecule has 69 heavy (non-hydrogen) atoms. The minimum atomic E-state index is -0.353. The highest BCUT2D eigenvalue weighted by atomic mass is 32.1. The number of piperidine rings is 2. The first-order chi connectivity index (χ1) is 33.1. The molecule has 0 saturated carbocycles. The van der Waals surface area contributed by atoms with E-state index in [1.54, 1.807) is 39.7 Å². The van der Waals surface area contributed by atoms with E-state index in [0.717, 1.165) is 109 Å². The third-order valence-corrected chi connectivity index (χ3v) is 14.3. The molecule has 14 heteroatoms. The first-order valence-corrected chi connectivity index (χ1v) is 25.4. The number of thiazole rings is 2. The number of nitro benzene ring substituents is 1. The van der Waals surface area contributed by atoms with Crippen LogP contribution < -0.4 is 5.73 Å². The number of rotatable bonds is 15. The second-order valence-electron chi connectivity index (χ2n) is 16.9. The van der Waals surface area contributed by atoms with Crippen molar-refractivity contribution in [1.82, 2.24) is 29.6 Å². The zero-order chi connectivity index (χ0) is 48.0. The van der Waals surface area contributed by atoms with Crippen molar-refractivity contribution >= 4 is 57.0 Å². The van der Waals surface area contributed by atoms with Crippen LogP contribution >= 0.6 is 22.7 Å². The van der Waals surface area contributed by atoms with Crippen LogP contribution in [0.5, 0.6) is 0 Å². The van der Waals surface area contributed by atoms with Crippen molar-refractivity contribution in [3.8, 4) is 0 Å². The number of anilines is 1. The van der Waals surface area contributed by atoms with E-state index in [2.05, 4.69) is 44.0 Å². The van der Waals surface area contributed by atoms with Gasteiger partial charge in [0.2, 0.25) is 0 Å². The molecule has 2 fully saturated rings. The molecular weight excluding hydrogens is 901 g/mol. The number of nitrogens with two attached hydrogens (primary N) is 1. The van der Waals surface area contributed by atoms with Gasteiger partial charge in [-0.1, -0.05) is 67.1 Å². The third kappa shape index (κ3) is 13.5. The van der Waals surface area contributed by atoms with E-state index >= 15 is 0 Å². The number of non-ortho nitro benzene ring substituents is 1. The standard InChI is InChI=1S/C27H30N4O3S.C27H32N4OS.CH4/c1-3-30(4-2)27(32)22-10-8-20(9-11-22)26(23-6-5-7-24(18-23)31(33)34)21-12-15-29(16-13-21)19-25-28-14-17-35-25;1-3-31(4-2)27(32)22-10-8-20(9-11-22)26(23-6-5-7-24(28)18-23)21-12-15-30(16-13-21)19-25-29-14-17-33-25;/h5-11,14,17-18H,3-4,12-13,15-16,19H2,1-2H3;5-11,14,17-18H,3-4,12-13,15-16,19,28H2,1-2H3;1H4. The monoisotopic (exact) mass is 966 g/mol. The average molecular weight is 967 g/mol. The quantitative estimate of drug-likeness (QED) is 0.0604. The normalized spacial score (nSPS) is 14.0. The molecule has 2 aromatic heterocycles. The minimum Gasteiger partial charge on any atom is -0.399 e. The molecule has 0 unspecified atom stereocenters. The average Bonchev–Trinajstić information content (AvgIpc) is 4.09. The zero-order valence-electron chi connectivity index (χ0n) is 39.6. The summed E-state index contributed by atoms with van der Waals surface area (Å²) in [6.45, 7) is 16.3. The Bertz CT molecular complexity index is 2650. The number of nitrogen functional groups attached to an aromatic ring is 1. The van der Waals surface area contributed by atoms with Crippen LogP contribution in [0.2, 0.25) is 0 Å². The van der Waals surface area contributed by atoms with E-state index < -0.39 is 0 Å². The van der Waals surface area contributed by atoms with Crippen molar-refractivity contribution in [2.45, 2.75) is 73.9 Å². The summed E-state index contributed by atoms with van der Waals surface area (Å²) < 4.78 is 0. The molecule has 8 rings (SSSR count). The van der Waals surface area contributed by atoms with E-state index in [0.29, 0.717) is 31.7 Å². The van der Waals surface area contributed by atoms with Crippen molar-refractivity contribution in [1.29, 1.82) is 0 Å². The fourth-order valence-corrected chi connectivity index (χ4v) is 10.4. The van der Waals surface area contributed by atoms with Gasteiger partial charge in [0.05, 0.1) is 18.0 Å². The van der Waals surface area contributed by atoms with Gasteiger partial charge in [-0.15, -0.1) is 22.7 Å². The molecular formula is C55H66N8O4S2. The van der Waals surface area contributed by atoms with Gasteiger partial charge in [-0.05, 0) is 123 Å². The number of carbonyl (C=O) groups is 2. The summed E-state index contributed by atoms with van der Waals surface area (Å²) in [7, 11) is 0. The lowest BCUT2D eigenvalue weighted by atomic mass is 9.88. The Balaban J connectivity index is 0.000000224. The van der Waals surface area contributed by atoms with Crippen molar-refractivity contribution < 1.29 is 14.5 Å². The largest absolute Gasteiger partial charge is 0.399 e. The summed E-state index contributed by atoms with van der Waals surface area (Å²) in [5.74, 6) is 0.0989. The molecule has 2 amide bonds. The van der Waals surface area contributed by atoms with Crippen molar-refractivity contribution in [2.24, 2.45) is 0 Å². The number of aromatic nitrogens is 2. The molecule has 4 heterocycles. The predicted octanol–water partition coefficient (Wildman–Crippen LogP) is 11.6. The number of likely N-dealkylation sites (tertiary alicyclic amines) is 2. The number of carbonyl (C=O) groups excluding carboxylic acids is 2. The number of hydrogen-bond acceptors (Lipinski definition) is 11. The summed E-state index contributed by atoms with van der Waals surface area (Å²) >= 11 is 3.39. The summed E-state index contributed by atoms with van der Waals surface area (Å²) in [4.78, 5) is 54.0. The van der Waals surface area contributed by atoms with Gasteiger partial charge in [-0.3, -0.25) is 29.5 Å². The lowest BCUT2D eigenvalue weighted by molar-refractivity contribution is -0.384. The molecule has 0 spiro atoms. The van der Waals surface area contributed by atoms with Crippen LogP contribution in [-0.2, 0) is 13.1 Å². The Hall–Kier alpha value is -6.32. The Labute approximate surface area is 416 Å². The maximum absolute atomic E-state index is 12.8. The first-order valence-electron chi connectivity index (χ1n) is 23.6. The molecule has 2 aliphatic heterocycles. The summed E-state index contributed by atoms with van der Waals surface area (Å²) in [6, 6.07) is 30.7. The van der Waals surface area contributed by atoms with Gasteiger partial charge in [-0.2, -0.15) is 0 Å². The molecule has 2 aliphatic rings. The summed E-state index contributed by atoms with van der Waals surface area (Å²) in [5.41, 5.74) is 17.5. The van der Waals surface area contributed by atoms with Gasteiger partial charge in [0.25, 0.3) is 17.5 Å². The molecule has 6 aromatic rings. The lowest BCUT2D eigenvalue weighted by Gasteiger charge is -2.29. The number of hydrogen-bond donors (Lipinski definition) is 1. The fourth-order valence-electron chi connectivity index (χ4n) is 9.07. The number of benzene rings is 4. The maximum atomic E-state index is 12.8. The summed E-state index contributed by atoms with van der Waals surface area (Å²) in [6.07, 6.45) is 7.49. The van der Waals surface area contributed by atoms with Crippen LogP contribution in [0.25, 0.3) is 11.1 Å². The Morgan fingerprint density at radius 1 is 0.594 bits per heavy atom. The summed E-state index contributed by atoms with van der Waals surface area (Å²) in [5, 5.41) is 17.8. The van der Waals surface area contributed by atoms with E-state index in [4.69, 9.17) is 5.73 Å². The molecule has 2 saturated heterocycles. The van der Waals surface area contributed by atoms with Gasteiger partial charge in [-0.25, -0.2) is 9.97 Å². The Kier molecular flexibility index (Phi) is 19.1. The third-order valence-electron chi connectivity index (χ3n) is 12.8. The van der Waals surface area contributed by atoms with E-state index in [-0.39, 0.29) is 29.9 Å². The molecule has 12 nitrogen and oxygen atoms in total. The number of nitro groups is 1. The van der Waals surface area contributed by atoms with Crippen molar-refractivity contribution in [3.05, 3.63) is 185 Å². The van der Waals surface area contributed by atoms with Crippen LogP contribution in [0.4, 0.5) is 11.4 Å². The SMILES string of the molecule is C.CCN(CC)C(=O)c1ccc(C(=C2CCN(Cc3nccs3)CC2)c2cccc(N)c2)cc1.CCN(CC)C(=O)c1ccc(C(=C2CCN(Cc3nccs3)CC2)c2cccc([N+](=O)[O-])c2)cc1. The minimum absolute atomic E-state index is 0.